The van der Waals surface area contributed by atoms with Gasteiger partial charge in [0.05, 0.1) is 6.42 Å². The lowest BCUT2D eigenvalue weighted by atomic mass is 10.1. The summed E-state index contributed by atoms with van der Waals surface area (Å²) in [4.78, 5) is 24.2. The predicted octanol–water partition coefficient (Wildman–Crippen LogP) is 4.23. The van der Waals surface area contributed by atoms with Gasteiger partial charge in [-0.1, -0.05) is 48.5 Å². The number of anilines is 1. The van der Waals surface area contributed by atoms with Crippen molar-refractivity contribution in [3.05, 3.63) is 77.9 Å². The highest BCUT2D eigenvalue weighted by Gasteiger charge is 2.21. The van der Waals surface area contributed by atoms with Crippen molar-refractivity contribution in [2.45, 2.75) is 19.4 Å². The Bertz CT molecular complexity index is 983. The summed E-state index contributed by atoms with van der Waals surface area (Å²) in [5, 5.41) is 4.15. The van der Waals surface area contributed by atoms with E-state index in [4.69, 9.17) is 4.74 Å². The maximum atomic E-state index is 13.6. The number of halogens is 2. The molecule has 0 saturated carbocycles. The van der Waals surface area contributed by atoms with E-state index in [0.717, 1.165) is 28.5 Å². The molecule has 0 aliphatic carbocycles. The molecule has 0 fully saturated rings. The summed E-state index contributed by atoms with van der Waals surface area (Å²) in [5.74, 6) is -3.23. The predicted molar refractivity (Wildman–Crippen MR) is 98.2 cm³/mol. The molecule has 1 atom stereocenters. The lowest BCUT2D eigenvalue weighted by Gasteiger charge is -2.14. The molecule has 0 unspecified atom stereocenters. The number of benzene rings is 3. The third-order valence-electron chi connectivity index (χ3n) is 4.05. The van der Waals surface area contributed by atoms with Crippen LogP contribution in [0.1, 0.15) is 12.5 Å². The number of hydrogen-bond donors (Lipinski definition) is 1. The van der Waals surface area contributed by atoms with Crippen LogP contribution in [0.5, 0.6) is 0 Å². The number of amides is 1. The molecule has 3 rings (SSSR count). The fourth-order valence-corrected chi connectivity index (χ4v) is 2.65. The quantitative estimate of drug-likeness (QED) is 0.685. The van der Waals surface area contributed by atoms with Gasteiger partial charge in [0.2, 0.25) is 0 Å². The van der Waals surface area contributed by atoms with E-state index in [1.54, 1.807) is 0 Å². The molecule has 138 valence electrons. The van der Waals surface area contributed by atoms with Crippen LogP contribution >= 0.6 is 0 Å². The molecule has 0 aliphatic heterocycles. The van der Waals surface area contributed by atoms with Gasteiger partial charge in [-0.25, -0.2) is 8.78 Å². The first-order chi connectivity index (χ1) is 12.9. The van der Waals surface area contributed by atoms with Gasteiger partial charge in [0, 0.05) is 0 Å². The second-order valence-corrected chi connectivity index (χ2v) is 6.08. The zero-order valence-electron chi connectivity index (χ0n) is 14.5. The van der Waals surface area contributed by atoms with E-state index in [9.17, 15) is 18.4 Å². The third kappa shape index (κ3) is 4.47. The van der Waals surface area contributed by atoms with Gasteiger partial charge < -0.3 is 10.1 Å². The first kappa shape index (κ1) is 18.5. The maximum Gasteiger partial charge on any atom is 0.311 e. The molecule has 0 heterocycles. The number of fused-ring (bicyclic) bond motifs is 1. The topological polar surface area (TPSA) is 55.4 Å². The van der Waals surface area contributed by atoms with Crippen molar-refractivity contribution in [2.75, 3.05) is 5.32 Å². The third-order valence-corrected chi connectivity index (χ3v) is 4.05. The number of rotatable bonds is 5. The van der Waals surface area contributed by atoms with E-state index in [0.29, 0.717) is 0 Å². The molecular weight excluding hydrogens is 352 g/mol. The number of para-hydroxylation sites is 1. The van der Waals surface area contributed by atoms with Crippen molar-refractivity contribution in [3.63, 3.8) is 0 Å². The molecular formula is C21H17F2NO3. The van der Waals surface area contributed by atoms with Crippen LogP contribution in [0, 0.1) is 11.6 Å². The molecule has 4 nitrogen and oxygen atoms in total. The molecule has 1 amide bonds. The number of hydrogen-bond acceptors (Lipinski definition) is 3. The first-order valence-electron chi connectivity index (χ1n) is 8.36. The molecule has 0 bridgehead atoms. The van der Waals surface area contributed by atoms with Crippen molar-refractivity contribution < 1.29 is 23.1 Å². The van der Waals surface area contributed by atoms with Gasteiger partial charge in [0.25, 0.3) is 5.91 Å². The lowest BCUT2D eigenvalue weighted by molar-refractivity contribution is -0.152. The van der Waals surface area contributed by atoms with Crippen molar-refractivity contribution in [3.8, 4) is 0 Å². The first-order valence-corrected chi connectivity index (χ1v) is 8.36. The molecule has 0 radical (unpaired) electrons. The van der Waals surface area contributed by atoms with E-state index in [2.05, 4.69) is 5.32 Å². The van der Waals surface area contributed by atoms with Gasteiger partial charge in [-0.15, -0.1) is 0 Å². The molecule has 3 aromatic rings. The van der Waals surface area contributed by atoms with Crippen LogP contribution in [0.4, 0.5) is 14.5 Å². The summed E-state index contributed by atoms with van der Waals surface area (Å²) in [7, 11) is 0. The minimum absolute atomic E-state index is 0.0173. The Morgan fingerprint density at radius 3 is 2.33 bits per heavy atom. The van der Waals surface area contributed by atoms with E-state index in [1.807, 2.05) is 42.5 Å². The normalized spacial score (nSPS) is 11.8. The number of ether oxygens (including phenoxy) is 1. The summed E-state index contributed by atoms with van der Waals surface area (Å²) in [5.41, 5.74) is 0.173. The van der Waals surface area contributed by atoms with Crippen LogP contribution < -0.4 is 5.32 Å². The van der Waals surface area contributed by atoms with Crippen LogP contribution in [0.25, 0.3) is 10.8 Å². The zero-order chi connectivity index (χ0) is 19.4. The summed E-state index contributed by atoms with van der Waals surface area (Å²) < 4.78 is 32.3. The summed E-state index contributed by atoms with van der Waals surface area (Å²) in [6.45, 7) is 1.34. The largest absolute Gasteiger partial charge is 0.452 e. The van der Waals surface area contributed by atoms with Gasteiger partial charge in [-0.2, -0.15) is 0 Å². The summed E-state index contributed by atoms with van der Waals surface area (Å²) >= 11 is 0. The SMILES string of the molecule is C[C@H](OC(=O)Cc1ccc2ccccc2c1)C(=O)Nc1c(F)cccc1F. The van der Waals surface area contributed by atoms with Gasteiger partial charge in [0.1, 0.15) is 17.3 Å². The highest BCUT2D eigenvalue weighted by Crippen LogP contribution is 2.19. The standard InChI is InChI=1S/C21H17F2NO3/c1-13(21(26)24-20-17(22)7-4-8-18(20)23)27-19(25)12-14-9-10-15-5-2-3-6-16(15)11-14/h2-11,13H,12H2,1H3,(H,24,26)/t13-/m0/s1. The van der Waals surface area contributed by atoms with Gasteiger partial charge in [-0.05, 0) is 35.4 Å². The van der Waals surface area contributed by atoms with Crippen LogP contribution in [0.15, 0.2) is 60.7 Å². The Balaban J connectivity index is 1.61. The van der Waals surface area contributed by atoms with Gasteiger partial charge in [0.15, 0.2) is 6.10 Å². The van der Waals surface area contributed by atoms with E-state index >= 15 is 0 Å². The second kappa shape index (κ2) is 7.95. The van der Waals surface area contributed by atoms with Crippen molar-refractivity contribution >= 4 is 28.3 Å². The number of carbonyl (C=O) groups is 2. The van der Waals surface area contributed by atoms with Gasteiger partial charge >= 0.3 is 5.97 Å². The summed E-state index contributed by atoms with van der Waals surface area (Å²) in [6.07, 6.45) is -1.21. The highest BCUT2D eigenvalue weighted by molar-refractivity contribution is 5.95. The van der Waals surface area contributed by atoms with Crippen molar-refractivity contribution in [1.82, 2.24) is 0 Å². The molecule has 6 heteroatoms. The number of carbonyl (C=O) groups excluding carboxylic acids is 2. The summed E-state index contributed by atoms with van der Waals surface area (Å²) in [6, 6.07) is 16.5. The van der Waals surface area contributed by atoms with Crippen LogP contribution in [0.2, 0.25) is 0 Å². The average Bonchev–Trinajstić information content (AvgIpc) is 2.64. The van der Waals surface area contributed by atoms with E-state index in [1.165, 1.54) is 13.0 Å². The molecule has 27 heavy (non-hydrogen) atoms. The molecule has 3 aromatic carbocycles. The Morgan fingerprint density at radius 2 is 1.63 bits per heavy atom. The lowest BCUT2D eigenvalue weighted by Crippen LogP contribution is -2.31. The van der Waals surface area contributed by atoms with Crippen LogP contribution in [-0.4, -0.2) is 18.0 Å². The maximum absolute atomic E-state index is 13.6. The molecule has 0 aliphatic rings. The molecule has 0 aromatic heterocycles. The number of esters is 1. The van der Waals surface area contributed by atoms with Crippen LogP contribution in [0.3, 0.4) is 0 Å². The Morgan fingerprint density at radius 1 is 0.963 bits per heavy atom. The fraction of sp³-hybridized carbons (Fsp3) is 0.143. The second-order valence-electron chi connectivity index (χ2n) is 6.08. The van der Waals surface area contributed by atoms with Crippen LogP contribution in [-0.2, 0) is 20.7 Å². The van der Waals surface area contributed by atoms with E-state index < -0.39 is 35.3 Å². The molecule has 0 spiro atoms. The smallest absolute Gasteiger partial charge is 0.311 e. The minimum Gasteiger partial charge on any atom is -0.452 e. The van der Waals surface area contributed by atoms with Gasteiger partial charge in [-0.3, -0.25) is 9.59 Å². The fourth-order valence-electron chi connectivity index (χ4n) is 2.65. The van der Waals surface area contributed by atoms with Crippen molar-refractivity contribution in [1.29, 1.82) is 0 Å². The number of nitrogens with one attached hydrogen (secondary N) is 1. The molecule has 1 N–H and O–H groups in total. The zero-order valence-corrected chi connectivity index (χ0v) is 14.5. The Labute approximate surface area is 154 Å². The average molecular weight is 369 g/mol. The van der Waals surface area contributed by atoms with Crippen molar-refractivity contribution in [2.24, 2.45) is 0 Å². The highest BCUT2D eigenvalue weighted by atomic mass is 19.1. The Kier molecular flexibility index (Phi) is 5.45. The monoisotopic (exact) mass is 369 g/mol. The Hall–Kier alpha value is -3.28. The minimum atomic E-state index is -1.20. The molecule has 0 saturated heterocycles. The van der Waals surface area contributed by atoms with E-state index in [-0.39, 0.29) is 6.42 Å².